The number of amides is 1. The molecule has 25 heavy (non-hydrogen) atoms. The average Bonchev–Trinajstić information content (AvgIpc) is 3.07. The number of carbonyl (C=O) groups is 1. The molecule has 0 saturated carbocycles. The SMILES string of the molecule is O=C(c1ccc(Br)o1)N1CCN(S(=O)(=O)/C=C/c2ccccc2)CC1. The Morgan fingerprint density at radius 2 is 1.72 bits per heavy atom. The van der Waals surface area contributed by atoms with Crippen LogP contribution >= 0.6 is 15.9 Å². The molecule has 0 atom stereocenters. The van der Waals surface area contributed by atoms with Crippen LogP contribution in [0.2, 0.25) is 0 Å². The quantitative estimate of drug-likeness (QED) is 0.756. The average molecular weight is 425 g/mol. The summed E-state index contributed by atoms with van der Waals surface area (Å²) in [6.07, 6.45) is 1.58. The van der Waals surface area contributed by atoms with Crippen molar-refractivity contribution in [3.8, 4) is 0 Å². The van der Waals surface area contributed by atoms with E-state index in [1.807, 2.05) is 30.3 Å². The first kappa shape index (κ1) is 17.9. The second-order valence-corrected chi connectivity index (χ2v) is 8.15. The lowest BCUT2D eigenvalue weighted by atomic mass is 10.2. The zero-order valence-corrected chi connectivity index (χ0v) is 15.7. The highest BCUT2D eigenvalue weighted by Gasteiger charge is 2.28. The Balaban J connectivity index is 1.61. The van der Waals surface area contributed by atoms with Crippen molar-refractivity contribution in [3.05, 3.63) is 63.9 Å². The molecule has 1 amide bonds. The monoisotopic (exact) mass is 424 g/mol. The van der Waals surface area contributed by atoms with E-state index < -0.39 is 10.0 Å². The van der Waals surface area contributed by atoms with Gasteiger partial charge in [0.1, 0.15) is 0 Å². The lowest BCUT2D eigenvalue weighted by molar-refractivity contribution is 0.0665. The number of halogens is 1. The van der Waals surface area contributed by atoms with Crippen LogP contribution < -0.4 is 0 Å². The van der Waals surface area contributed by atoms with Crippen LogP contribution in [-0.2, 0) is 10.0 Å². The van der Waals surface area contributed by atoms with Crippen molar-refractivity contribution < 1.29 is 17.6 Å². The zero-order valence-electron chi connectivity index (χ0n) is 13.3. The van der Waals surface area contributed by atoms with Gasteiger partial charge >= 0.3 is 0 Å². The Morgan fingerprint density at radius 3 is 2.32 bits per heavy atom. The van der Waals surface area contributed by atoms with E-state index in [-0.39, 0.29) is 24.8 Å². The Bertz CT molecular complexity index is 869. The molecule has 1 saturated heterocycles. The van der Waals surface area contributed by atoms with Crippen LogP contribution in [0.25, 0.3) is 6.08 Å². The normalized spacial score (nSPS) is 16.4. The number of furan rings is 1. The maximum atomic E-state index is 12.4. The van der Waals surface area contributed by atoms with Crippen molar-refractivity contribution in [2.45, 2.75) is 0 Å². The molecule has 1 aliphatic heterocycles. The van der Waals surface area contributed by atoms with Crippen molar-refractivity contribution in [2.24, 2.45) is 0 Å². The van der Waals surface area contributed by atoms with Gasteiger partial charge in [0, 0.05) is 31.6 Å². The molecule has 0 unspecified atom stereocenters. The molecule has 6 nitrogen and oxygen atoms in total. The van der Waals surface area contributed by atoms with Crippen LogP contribution in [-0.4, -0.2) is 49.7 Å². The highest BCUT2D eigenvalue weighted by molar-refractivity contribution is 9.10. The molecule has 1 aliphatic rings. The van der Waals surface area contributed by atoms with E-state index in [9.17, 15) is 13.2 Å². The molecule has 1 aromatic carbocycles. The van der Waals surface area contributed by atoms with E-state index in [1.165, 1.54) is 9.71 Å². The topological polar surface area (TPSA) is 70.8 Å². The standard InChI is InChI=1S/C17H17BrN2O4S/c18-16-7-6-15(24-16)17(21)19-9-11-20(12-10-19)25(22,23)13-8-14-4-2-1-3-5-14/h1-8,13H,9-12H2/b13-8+. The number of sulfonamides is 1. The molecule has 132 valence electrons. The molecule has 0 radical (unpaired) electrons. The summed E-state index contributed by atoms with van der Waals surface area (Å²) < 4.78 is 32.0. The summed E-state index contributed by atoms with van der Waals surface area (Å²) in [5, 5.41) is 1.21. The molecule has 0 bridgehead atoms. The first-order valence-electron chi connectivity index (χ1n) is 7.73. The lowest BCUT2D eigenvalue weighted by Gasteiger charge is -2.32. The number of rotatable bonds is 4. The van der Waals surface area contributed by atoms with E-state index in [1.54, 1.807) is 23.1 Å². The van der Waals surface area contributed by atoms with Gasteiger partial charge in [0.15, 0.2) is 10.4 Å². The number of hydrogen-bond acceptors (Lipinski definition) is 4. The van der Waals surface area contributed by atoms with E-state index >= 15 is 0 Å². The van der Waals surface area contributed by atoms with Gasteiger partial charge < -0.3 is 9.32 Å². The van der Waals surface area contributed by atoms with Gasteiger partial charge in [-0.1, -0.05) is 30.3 Å². The fraction of sp³-hybridized carbons (Fsp3) is 0.235. The second-order valence-electron chi connectivity index (χ2n) is 5.55. The number of benzene rings is 1. The highest BCUT2D eigenvalue weighted by Crippen LogP contribution is 2.18. The van der Waals surface area contributed by atoms with Crippen molar-refractivity contribution >= 4 is 37.9 Å². The number of hydrogen-bond donors (Lipinski definition) is 0. The van der Waals surface area contributed by atoms with Crippen LogP contribution in [0.1, 0.15) is 16.1 Å². The van der Waals surface area contributed by atoms with E-state index in [2.05, 4.69) is 15.9 Å². The van der Waals surface area contributed by atoms with Crippen molar-refractivity contribution in [1.82, 2.24) is 9.21 Å². The van der Waals surface area contributed by atoms with Gasteiger partial charge in [0.25, 0.3) is 5.91 Å². The maximum absolute atomic E-state index is 12.4. The minimum Gasteiger partial charge on any atom is -0.444 e. The fourth-order valence-electron chi connectivity index (χ4n) is 2.55. The summed E-state index contributed by atoms with van der Waals surface area (Å²) in [5.41, 5.74) is 0.822. The molecule has 0 spiro atoms. The Morgan fingerprint density at radius 1 is 1.04 bits per heavy atom. The summed E-state index contributed by atoms with van der Waals surface area (Å²) in [4.78, 5) is 13.9. The van der Waals surface area contributed by atoms with E-state index in [0.29, 0.717) is 17.8 Å². The van der Waals surface area contributed by atoms with Gasteiger partial charge in [-0.25, -0.2) is 8.42 Å². The third-order valence-electron chi connectivity index (χ3n) is 3.90. The number of carbonyl (C=O) groups excluding carboxylic acids is 1. The smallest absolute Gasteiger partial charge is 0.289 e. The van der Waals surface area contributed by atoms with Gasteiger partial charge in [-0.15, -0.1) is 0 Å². The molecular weight excluding hydrogens is 408 g/mol. The molecule has 0 N–H and O–H groups in total. The van der Waals surface area contributed by atoms with E-state index in [4.69, 9.17) is 4.42 Å². The van der Waals surface area contributed by atoms with Crippen LogP contribution in [0.4, 0.5) is 0 Å². The zero-order chi connectivity index (χ0) is 17.9. The van der Waals surface area contributed by atoms with Crippen LogP contribution in [0.5, 0.6) is 0 Å². The van der Waals surface area contributed by atoms with Crippen LogP contribution in [0.15, 0.2) is 57.0 Å². The third kappa shape index (κ3) is 4.39. The molecule has 1 fully saturated rings. The third-order valence-corrected chi connectivity index (χ3v) is 5.89. The predicted octanol–water partition coefficient (Wildman–Crippen LogP) is 2.80. The second kappa shape index (κ2) is 7.55. The van der Waals surface area contributed by atoms with Crippen LogP contribution in [0, 0.1) is 0 Å². The summed E-state index contributed by atoms with van der Waals surface area (Å²) in [5.74, 6) is 0.00901. The molecule has 2 heterocycles. The minimum atomic E-state index is -3.51. The summed E-state index contributed by atoms with van der Waals surface area (Å²) in [6, 6.07) is 12.5. The van der Waals surface area contributed by atoms with Gasteiger partial charge in [0.05, 0.1) is 0 Å². The van der Waals surface area contributed by atoms with Crippen molar-refractivity contribution in [3.63, 3.8) is 0 Å². The summed E-state index contributed by atoms with van der Waals surface area (Å²) in [7, 11) is -3.51. The number of nitrogens with zero attached hydrogens (tertiary/aromatic N) is 2. The number of piperazine rings is 1. The highest BCUT2D eigenvalue weighted by atomic mass is 79.9. The molecule has 0 aliphatic carbocycles. The molecular formula is C17H17BrN2O4S. The maximum Gasteiger partial charge on any atom is 0.289 e. The van der Waals surface area contributed by atoms with E-state index in [0.717, 1.165) is 5.56 Å². The lowest BCUT2D eigenvalue weighted by Crippen LogP contribution is -2.50. The summed E-state index contributed by atoms with van der Waals surface area (Å²) in [6.45, 7) is 1.18. The van der Waals surface area contributed by atoms with Gasteiger partial charge in [-0.3, -0.25) is 4.79 Å². The first-order chi connectivity index (χ1) is 12.0. The molecule has 1 aromatic heterocycles. The Kier molecular flexibility index (Phi) is 5.41. The Labute approximate surface area is 154 Å². The van der Waals surface area contributed by atoms with Crippen molar-refractivity contribution in [1.29, 1.82) is 0 Å². The molecule has 8 heteroatoms. The van der Waals surface area contributed by atoms with Gasteiger partial charge in [-0.2, -0.15) is 4.31 Å². The predicted molar refractivity (Wildman–Crippen MR) is 98.3 cm³/mol. The fourth-order valence-corrected chi connectivity index (χ4v) is 4.03. The molecule has 2 aromatic rings. The van der Waals surface area contributed by atoms with Crippen molar-refractivity contribution in [2.75, 3.05) is 26.2 Å². The Hall–Kier alpha value is -1.90. The largest absolute Gasteiger partial charge is 0.444 e. The molecule has 3 rings (SSSR count). The minimum absolute atomic E-state index is 0.234. The van der Waals surface area contributed by atoms with Gasteiger partial charge in [0.2, 0.25) is 10.0 Å². The first-order valence-corrected chi connectivity index (χ1v) is 10.0. The van der Waals surface area contributed by atoms with Crippen LogP contribution in [0.3, 0.4) is 0 Å². The summed E-state index contributed by atoms with van der Waals surface area (Å²) >= 11 is 3.16. The van der Waals surface area contributed by atoms with Gasteiger partial charge in [-0.05, 0) is 39.7 Å².